The molecule has 1 aromatic rings. The lowest BCUT2D eigenvalue weighted by Crippen LogP contribution is -2.15. The third kappa shape index (κ3) is 4.05. The first-order chi connectivity index (χ1) is 10.5. The van der Waals surface area contributed by atoms with E-state index in [1.807, 2.05) is 0 Å². The molecule has 0 heterocycles. The molecule has 0 radical (unpaired) electrons. The number of unbranched alkanes of at least 4 members (excludes halogenated alkanes) is 2. The zero-order chi connectivity index (χ0) is 16.1. The van der Waals surface area contributed by atoms with Gasteiger partial charge in [0.15, 0.2) is 0 Å². The minimum atomic E-state index is -1.55. The Labute approximate surface area is 130 Å². The van der Waals surface area contributed by atoms with E-state index in [2.05, 4.69) is 6.92 Å². The number of aromatic carboxylic acids is 1. The van der Waals surface area contributed by atoms with Crippen LogP contribution in [0.2, 0.25) is 0 Å². The number of hydrogen-bond donors (Lipinski definition) is 1. The van der Waals surface area contributed by atoms with Crippen molar-refractivity contribution in [2.45, 2.75) is 64.2 Å². The van der Waals surface area contributed by atoms with Crippen molar-refractivity contribution in [1.29, 1.82) is 0 Å². The summed E-state index contributed by atoms with van der Waals surface area (Å²) in [4.78, 5) is 10.8. The lowest BCUT2D eigenvalue weighted by molar-refractivity contribution is 0.0686. The predicted molar refractivity (Wildman–Crippen MR) is 82.2 cm³/mol. The van der Waals surface area contributed by atoms with Crippen LogP contribution in [-0.4, -0.2) is 11.1 Å². The minimum absolute atomic E-state index is 0.147. The molecule has 0 saturated heterocycles. The second-order valence-electron chi connectivity index (χ2n) is 6.38. The van der Waals surface area contributed by atoms with Gasteiger partial charge in [0.2, 0.25) is 0 Å². The second kappa shape index (κ2) is 7.70. The molecular weight excluding hydrogens is 286 g/mol. The van der Waals surface area contributed by atoms with Crippen molar-refractivity contribution < 1.29 is 18.7 Å². The molecule has 4 heteroatoms. The van der Waals surface area contributed by atoms with E-state index in [1.165, 1.54) is 37.8 Å². The van der Waals surface area contributed by atoms with Gasteiger partial charge in [-0.3, -0.25) is 0 Å². The van der Waals surface area contributed by atoms with E-state index in [4.69, 9.17) is 5.11 Å². The fourth-order valence-electron chi connectivity index (χ4n) is 3.50. The molecule has 0 amide bonds. The van der Waals surface area contributed by atoms with Gasteiger partial charge < -0.3 is 5.11 Å². The first kappa shape index (κ1) is 16.9. The lowest BCUT2D eigenvalue weighted by atomic mass is 9.77. The van der Waals surface area contributed by atoms with Gasteiger partial charge in [-0.25, -0.2) is 13.6 Å². The Morgan fingerprint density at radius 3 is 2.23 bits per heavy atom. The summed E-state index contributed by atoms with van der Waals surface area (Å²) in [6, 6.07) is 2.41. The van der Waals surface area contributed by atoms with Crippen LogP contribution in [0, 0.1) is 17.6 Å². The Kier molecular flexibility index (Phi) is 5.92. The van der Waals surface area contributed by atoms with Gasteiger partial charge in [-0.15, -0.1) is 0 Å². The van der Waals surface area contributed by atoms with Crippen molar-refractivity contribution in [2.24, 2.45) is 5.92 Å². The van der Waals surface area contributed by atoms with Gasteiger partial charge in [0.25, 0.3) is 0 Å². The monoisotopic (exact) mass is 310 g/mol. The van der Waals surface area contributed by atoms with Gasteiger partial charge in [0.05, 0.1) is 0 Å². The summed E-state index contributed by atoms with van der Waals surface area (Å²) in [6.45, 7) is 2.20. The molecule has 1 fully saturated rings. The van der Waals surface area contributed by atoms with Crippen LogP contribution in [0.15, 0.2) is 12.1 Å². The van der Waals surface area contributed by atoms with Crippen molar-refractivity contribution in [3.8, 4) is 0 Å². The SMILES string of the molecule is CCCCC[C@H]1CC[C@H](c2cc(F)c(C(=O)O)c(F)c2)CC1. The maximum absolute atomic E-state index is 13.8. The van der Waals surface area contributed by atoms with Crippen molar-refractivity contribution in [3.05, 3.63) is 34.9 Å². The summed E-state index contributed by atoms with van der Waals surface area (Å²) in [5, 5.41) is 8.81. The van der Waals surface area contributed by atoms with E-state index in [0.29, 0.717) is 5.56 Å². The summed E-state index contributed by atoms with van der Waals surface area (Å²) < 4.78 is 27.6. The number of benzene rings is 1. The highest BCUT2D eigenvalue weighted by Crippen LogP contribution is 2.38. The molecule has 0 unspecified atom stereocenters. The molecule has 22 heavy (non-hydrogen) atoms. The molecule has 2 rings (SSSR count). The molecule has 0 aromatic heterocycles. The Bertz CT molecular complexity index is 497. The molecule has 122 valence electrons. The summed E-state index contributed by atoms with van der Waals surface area (Å²) >= 11 is 0. The zero-order valence-electron chi connectivity index (χ0n) is 13.1. The van der Waals surface area contributed by atoms with Gasteiger partial charge in [0, 0.05) is 0 Å². The van der Waals surface area contributed by atoms with E-state index in [9.17, 15) is 13.6 Å². The Morgan fingerprint density at radius 2 is 1.73 bits per heavy atom. The summed E-state index contributed by atoms with van der Waals surface area (Å²) in [6.07, 6.45) is 9.07. The molecule has 1 aliphatic rings. The molecule has 1 aromatic carbocycles. The van der Waals surface area contributed by atoms with Gasteiger partial charge in [-0.2, -0.15) is 0 Å². The van der Waals surface area contributed by atoms with E-state index in [1.54, 1.807) is 0 Å². The van der Waals surface area contributed by atoms with Gasteiger partial charge in [0.1, 0.15) is 17.2 Å². The van der Waals surface area contributed by atoms with E-state index < -0.39 is 23.2 Å². The number of carbonyl (C=O) groups is 1. The fourth-order valence-corrected chi connectivity index (χ4v) is 3.50. The molecule has 0 atom stereocenters. The van der Waals surface area contributed by atoms with Crippen molar-refractivity contribution in [1.82, 2.24) is 0 Å². The topological polar surface area (TPSA) is 37.3 Å². The molecule has 0 aliphatic heterocycles. The summed E-state index contributed by atoms with van der Waals surface area (Å²) in [5.74, 6) is -2.61. The van der Waals surface area contributed by atoms with Gasteiger partial charge >= 0.3 is 5.97 Å². The predicted octanol–water partition coefficient (Wildman–Crippen LogP) is 5.52. The maximum atomic E-state index is 13.8. The van der Waals surface area contributed by atoms with Gasteiger partial charge in [-0.1, -0.05) is 32.6 Å². The van der Waals surface area contributed by atoms with Crippen LogP contribution < -0.4 is 0 Å². The van der Waals surface area contributed by atoms with E-state index in [0.717, 1.165) is 31.6 Å². The third-order valence-electron chi connectivity index (χ3n) is 4.81. The highest BCUT2D eigenvalue weighted by atomic mass is 19.1. The summed E-state index contributed by atoms with van der Waals surface area (Å²) in [7, 11) is 0. The smallest absolute Gasteiger partial charge is 0.341 e. The number of halogens is 2. The molecule has 1 N–H and O–H groups in total. The van der Waals surface area contributed by atoms with E-state index in [-0.39, 0.29) is 5.92 Å². The average molecular weight is 310 g/mol. The van der Waals surface area contributed by atoms with Gasteiger partial charge in [-0.05, 0) is 55.2 Å². The Balaban J connectivity index is 1.98. The lowest BCUT2D eigenvalue weighted by Gasteiger charge is -2.29. The van der Waals surface area contributed by atoms with Crippen molar-refractivity contribution in [2.75, 3.05) is 0 Å². The van der Waals surface area contributed by atoms with Crippen molar-refractivity contribution >= 4 is 5.97 Å². The van der Waals surface area contributed by atoms with Crippen LogP contribution in [0.25, 0.3) is 0 Å². The third-order valence-corrected chi connectivity index (χ3v) is 4.81. The van der Waals surface area contributed by atoms with Crippen LogP contribution in [0.3, 0.4) is 0 Å². The standard InChI is InChI=1S/C18H24F2O2/c1-2-3-4-5-12-6-8-13(9-7-12)14-10-15(19)17(18(21)22)16(20)11-14/h10-13H,2-9H2,1H3,(H,21,22)/t12-,13-. The normalized spacial score (nSPS) is 21.8. The molecule has 2 nitrogen and oxygen atoms in total. The number of hydrogen-bond acceptors (Lipinski definition) is 1. The number of rotatable bonds is 6. The first-order valence-electron chi connectivity index (χ1n) is 8.25. The first-order valence-corrected chi connectivity index (χ1v) is 8.25. The quantitative estimate of drug-likeness (QED) is 0.703. The number of carboxylic acids is 1. The van der Waals surface area contributed by atoms with Crippen LogP contribution >= 0.6 is 0 Å². The van der Waals surface area contributed by atoms with Crippen molar-refractivity contribution in [3.63, 3.8) is 0 Å². The van der Waals surface area contributed by atoms with Crippen LogP contribution in [0.4, 0.5) is 8.78 Å². The van der Waals surface area contributed by atoms with Crippen LogP contribution in [0.5, 0.6) is 0 Å². The maximum Gasteiger partial charge on any atom is 0.341 e. The highest BCUT2D eigenvalue weighted by Gasteiger charge is 2.25. The largest absolute Gasteiger partial charge is 0.477 e. The molecule has 0 bridgehead atoms. The second-order valence-corrected chi connectivity index (χ2v) is 6.38. The minimum Gasteiger partial charge on any atom is -0.477 e. The molecular formula is C18H24F2O2. The molecule has 1 aliphatic carbocycles. The Hall–Kier alpha value is -1.45. The Morgan fingerprint density at radius 1 is 1.14 bits per heavy atom. The molecule has 0 spiro atoms. The van der Waals surface area contributed by atoms with E-state index >= 15 is 0 Å². The van der Waals surface area contributed by atoms with Crippen LogP contribution in [0.1, 0.15) is 80.1 Å². The fraction of sp³-hybridized carbons (Fsp3) is 0.611. The zero-order valence-corrected chi connectivity index (χ0v) is 13.1. The van der Waals surface area contributed by atoms with Crippen LogP contribution in [-0.2, 0) is 0 Å². The number of carboxylic acid groups (broad SMARTS) is 1. The molecule has 1 saturated carbocycles. The average Bonchev–Trinajstić information content (AvgIpc) is 2.47. The highest BCUT2D eigenvalue weighted by molar-refractivity contribution is 5.88. The summed E-state index contributed by atoms with van der Waals surface area (Å²) in [5.41, 5.74) is -0.246.